The highest BCUT2D eigenvalue weighted by molar-refractivity contribution is 7.89. The van der Waals surface area contributed by atoms with Crippen molar-refractivity contribution in [1.29, 1.82) is 0 Å². The SMILES string of the molecule is CC(=O)NNC(=O)COC(=O)c1cc(S(=O)(=O)NC2CCCCC2)ccc1C. The largest absolute Gasteiger partial charge is 0.452 e. The molecule has 1 aliphatic rings. The van der Waals surface area contributed by atoms with Crippen LogP contribution in [0.15, 0.2) is 23.1 Å². The van der Waals surface area contributed by atoms with Gasteiger partial charge in [-0.2, -0.15) is 0 Å². The van der Waals surface area contributed by atoms with Gasteiger partial charge < -0.3 is 4.74 Å². The molecule has 0 atom stereocenters. The zero-order chi connectivity index (χ0) is 20.7. The molecule has 1 fully saturated rings. The Hall–Kier alpha value is -2.46. The van der Waals surface area contributed by atoms with E-state index in [4.69, 9.17) is 4.74 Å². The first-order valence-electron chi connectivity index (χ1n) is 9.04. The van der Waals surface area contributed by atoms with E-state index < -0.39 is 34.4 Å². The normalized spacial score (nSPS) is 14.9. The lowest BCUT2D eigenvalue weighted by atomic mass is 9.96. The molecule has 0 saturated heterocycles. The van der Waals surface area contributed by atoms with Gasteiger partial charge in [0.2, 0.25) is 15.9 Å². The minimum absolute atomic E-state index is 0.0293. The van der Waals surface area contributed by atoms with Crippen LogP contribution in [0.2, 0.25) is 0 Å². The zero-order valence-corrected chi connectivity index (χ0v) is 16.7. The number of benzene rings is 1. The Kier molecular flexibility index (Phi) is 7.53. The highest BCUT2D eigenvalue weighted by Gasteiger charge is 2.23. The maximum atomic E-state index is 12.6. The molecule has 0 bridgehead atoms. The minimum Gasteiger partial charge on any atom is -0.452 e. The van der Waals surface area contributed by atoms with E-state index in [0.717, 1.165) is 32.1 Å². The van der Waals surface area contributed by atoms with Crippen molar-refractivity contribution in [3.05, 3.63) is 29.3 Å². The van der Waals surface area contributed by atoms with Gasteiger partial charge in [-0.3, -0.25) is 20.4 Å². The summed E-state index contributed by atoms with van der Waals surface area (Å²) < 4.78 is 32.9. The first kappa shape index (κ1) is 21.8. The van der Waals surface area contributed by atoms with Crippen molar-refractivity contribution in [1.82, 2.24) is 15.6 Å². The van der Waals surface area contributed by atoms with Gasteiger partial charge >= 0.3 is 5.97 Å². The van der Waals surface area contributed by atoms with Crippen LogP contribution in [-0.2, 0) is 24.3 Å². The van der Waals surface area contributed by atoms with Gasteiger partial charge in [-0.15, -0.1) is 0 Å². The molecule has 1 aliphatic carbocycles. The van der Waals surface area contributed by atoms with Crippen molar-refractivity contribution in [3.8, 4) is 0 Å². The molecular formula is C18H25N3O6S. The summed E-state index contributed by atoms with van der Waals surface area (Å²) in [6.07, 6.45) is 4.67. The Labute approximate surface area is 164 Å². The van der Waals surface area contributed by atoms with Crippen LogP contribution in [-0.4, -0.2) is 38.9 Å². The molecule has 1 aromatic rings. The number of rotatable bonds is 6. The number of esters is 1. The van der Waals surface area contributed by atoms with E-state index in [2.05, 4.69) is 15.6 Å². The molecule has 0 unspecified atom stereocenters. The Morgan fingerprint density at radius 1 is 1.11 bits per heavy atom. The summed E-state index contributed by atoms with van der Waals surface area (Å²) in [6, 6.07) is 4.09. The van der Waals surface area contributed by atoms with E-state index in [0.29, 0.717) is 5.56 Å². The van der Waals surface area contributed by atoms with Crippen LogP contribution in [0.3, 0.4) is 0 Å². The highest BCUT2D eigenvalue weighted by Crippen LogP contribution is 2.21. The molecule has 0 spiro atoms. The summed E-state index contributed by atoms with van der Waals surface area (Å²) in [5, 5.41) is 0. The third kappa shape index (κ3) is 6.31. The van der Waals surface area contributed by atoms with E-state index in [1.807, 2.05) is 0 Å². The molecule has 0 aliphatic heterocycles. The Bertz CT molecular complexity index is 847. The van der Waals surface area contributed by atoms with E-state index in [-0.39, 0.29) is 16.5 Å². The number of hydrogen-bond donors (Lipinski definition) is 3. The predicted molar refractivity (Wildman–Crippen MR) is 101 cm³/mol. The number of amides is 2. The van der Waals surface area contributed by atoms with E-state index in [1.54, 1.807) is 6.92 Å². The second kappa shape index (κ2) is 9.65. The van der Waals surface area contributed by atoms with Crippen LogP contribution in [0.5, 0.6) is 0 Å². The van der Waals surface area contributed by atoms with Crippen LogP contribution >= 0.6 is 0 Å². The number of aryl methyl sites for hydroxylation is 1. The van der Waals surface area contributed by atoms with Crippen molar-refractivity contribution in [2.24, 2.45) is 0 Å². The Morgan fingerprint density at radius 3 is 2.43 bits per heavy atom. The lowest BCUT2D eigenvalue weighted by molar-refractivity contribution is -0.129. The molecule has 0 heterocycles. The lowest BCUT2D eigenvalue weighted by Crippen LogP contribution is -2.42. The third-order valence-electron chi connectivity index (χ3n) is 4.38. The predicted octanol–water partition coefficient (Wildman–Crippen LogP) is 0.930. The van der Waals surface area contributed by atoms with Gasteiger partial charge in [0.15, 0.2) is 6.61 Å². The Morgan fingerprint density at radius 2 is 1.79 bits per heavy atom. The maximum Gasteiger partial charge on any atom is 0.338 e. The van der Waals surface area contributed by atoms with Crippen molar-refractivity contribution in [2.75, 3.05) is 6.61 Å². The second-order valence-electron chi connectivity index (χ2n) is 6.74. The summed E-state index contributed by atoms with van der Waals surface area (Å²) in [7, 11) is -3.77. The number of nitrogens with one attached hydrogen (secondary N) is 3. The third-order valence-corrected chi connectivity index (χ3v) is 5.90. The monoisotopic (exact) mass is 411 g/mol. The first-order valence-corrected chi connectivity index (χ1v) is 10.5. The van der Waals surface area contributed by atoms with Gasteiger partial charge in [0.05, 0.1) is 10.5 Å². The molecule has 2 amide bonds. The van der Waals surface area contributed by atoms with Gasteiger partial charge in [-0.1, -0.05) is 25.3 Å². The fourth-order valence-electron chi connectivity index (χ4n) is 2.90. The number of carbonyl (C=O) groups is 3. The number of sulfonamides is 1. The molecule has 2 rings (SSSR count). The first-order chi connectivity index (χ1) is 13.2. The number of ether oxygens (including phenoxy) is 1. The number of carbonyl (C=O) groups excluding carboxylic acids is 3. The fraction of sp³-hybridized carbons (Fsp3) is 0.500. The minimum atomic E-state index is -3.77. The average Bonchev–Trinajstić information content (AvgIpc) is 2.65. The molecule has 0 aromatic heterocycles. The van der Waals surface area contributed by atoms with Crippen molar-refractivity contribution in [3.63, 3.8) is 0 Å². The molecule has 0 radical (unpaired) electrons. The van der Waals surface area contributed by atoms with E-state index >= 15 is 0 Å². The summed E-state index contributed by atoms with van der Waals surface area (Å²) in [5.74, 6) is -2.02. The number of hydrazine groups is 1. The van der Waals surface area contributed by atoms with Crippen molar-refractivity contribution in [2.45, 2.75) is 56.9 Å². The molecule has 1 aromatic carbocycles. The summed E-state index contributed by atoms with van der Waals surface area (Å²) in [6.45, 7) is 2.23. The van der Waals surface area contributed by atoms with Crippen LogP contribution in [0.1, 0.15) is 54.9 Å². The van der Waals surface area contributed by atoms with Crippen LogP contribution in [0, 0.1) is 6.92 Å². The van der Waals surface area contributed by atoms with Gasteiger partial charge in [-0.25, -0.2) is 17.9 Å². The fourth-order valence-corrected chi connectivity index (χ4v) is 4.23. The molecule has 3 N–H and O–H groups in total. The average molecular weight is 411 g/mol. The van der Waals surface area contributed by atoms with Crippen LogP contribution < -0.4 is 15.6 Å². The van der Waals surface area contributed by atoms with Crippen molar-refractivity contribution >= 4 is 27.8 Å². The highest BCUT2D eigenvalue weighted by atomic mass is 32.2. The molecule has 28 heavy (non-hydrogen) atoms. The summed E-state index contributed by atoms with van der Waals surface area (Å²) in [5.41, 5.74) is 4.71. The molecular weight excluding hydrogens is 386 g/mol. The topological polar surface area (TPSA) is 131 Å². The van der Waals surface area contributed by atoms with Crippen LogP contribution in [0.4, 0.5) is 0 Å². The summed E-state index contributed by atoms with van der Waals surface area (Å²) >= 11 is 0. The molecule has 154 valence electrons. The maximum absolute atomic E-state index is 12.6. The standard InChI is InChI=1S/C18H25N3O6S/c1-12-8-9-15(28(25,26)21-14-6-4-3-5-7-14)10-16(12)18(24)27-11-17(23)20-19-13(2)22/h8-10,14,21H,3-7,11H2,1-2H3,(H,19,22)(H,20,23). The van der Waals surface area contributed by atoms with E-state index in [9.17, 15) is 22.8 Å². The zero-order valence-electron chi connectivity index (χ0n) is 15.9. The van der Waals surface area contributed by atoms with E-state index in [1.165, 1.54) is 25.1 Å². The van der Waals surface area contributed by atoms with Gasteiger partial charge in [0, 0.05) is 13.0 Å². The second-order valence-corrected chi connectivity index (χ2v) is 8.45. The smallest absolute Gasteiger partial charge is 0.338 e. The van der Waals surface area contributed by atoms with Crippen LogP contribution in [0.25, 0.3) is 0 Å². The quantitative estimate of drug-likeness (QED) is 0.471. The van der Waals surface area contributed by atoms with Crippen molar-refractivity contribution < 1.29 is 27.5 Å². The molecule has 1 saturated carbocycles. The Balaban J connectivity index is 2.05. The molecule has 9 nitrogen and oxygen atoms in total. The molecule has 10 heteroatoms. The van der Waals surface area contributed by atoms with Gasteiger partial charge in [0.25, 0.3) is 5.91 Å². The lowest BCUT2D eigenvalue weighted by Gasteiger charge is -2.22. The summed E-state index contributed by atoms with van der Waals surface area (Å²) in [4.78, 5) is 34.5. The van der Waals surface area contributed by atoms with Gasteiger partial charge in [-0.05, 0) is 37.5 Å². The van der Waals surface area contributed by atoms with Gasteiger partial charge in [0.1, 0.15) is 0 Å². The number of hydrogen-bond acceptors (Lipinski definition) is 6.